The van der Waals surface area contributed by atoms with Crippen molar-refractivity contribution in [3.63, 3.8) is 0 Å². The van der Waals surface area contributed by atoms with Gasteiger partial charge >= 0.3 is 5.97 Å². The average molecular weight is 536 g/mol. The van der Waals surface area contributed by atoms with Crippen LogP contribution < -0.4 is 25.1 Å². The molecule has 196 valence electrons. The third kappa shape index (κ3) is 5.37. The Hall–Kier alpha value is -4.64. The second-order valence-corrected chi connectivity index (χ2v) is 8.65. The molecule has 0 bridgehead atoms. The van der Waals surface area contributed by atoms with Crippen molar-refractivity contribution in [2.24, 2.45) is 0 Å². The van der Waals surface area contributed by atoms with E-state index in [0.29, 0.717) is 33.9 Å². The van der Waals surface area contributed by atoms with Gasteiger partial charge in [0, 0.05) is 16.8 Å². The molecule has 0 unspecified atom stereocenters. The predicted octanol–water partition coefficient (Wildman–Crippen LogP) is 4.30. The van der Waals surface area contributed by atoms with E-state index in [9.17, 15) is 14.4 Å². The molecule has 0 fully saturated rings. The predicted molar refractivity (Wildman–Crippen MR) is 145 cm³/mol. The van der Waals surface area contributed by atoms with Gasteiger partial charge in [-0.1, -0.05) is 6.07 Å². The molecule has 0 aliphatic heterocycles. The van der Waals surface area contributed by atoms with E-state index in [1.54, 1.807) is 60.8 Å². The minimum absolute atomic E-state index is 0.0325. The first-order valence-corrected chi connectivity index (χ1v) is 12.3. The smallest absolute Gasteiger partial charge is 0.359 e. The number of esters is 1. The molecule has 0 spiro atoms. The van der Waals surface area contributed by atoms with Gasteiger partial charge in [0.05, 0.1) is 39.0 Å². The number of amides is 1. The molecule has 0 saturated heterocycles. The molecule has 4 aromatic rings. The summed E-state index contributed by atoms with van der Waals surface area (Å²) in [4.78, 5) is 39.0. The lowest BCUT2D eigenvalue weighted by Crippen LogP contribution is -2.25. The number of ether oxygens (including phenoxy) is 4. The summed E-state index contributed by atoms with van der Waals surface area (Å²) in [5.74, 6) is 0.547. The highest BCUT2D eigenvalue weighted by Crippen LogP contribution is 2.31. The number of hydrogen-bond donors (Lipinski definition) is 1. The van der Waals surface area contributed by atoms with Gasteiger partial charge in [0.15, 0.2) is 17.2 Å². The van der Waals surface area contributed by atoms with E-state index in [4.69, 9.17) is 18.9 Å². The lowest BCUT2D eigenvalue weighted by Gasteiger charge is -2.10. The van der Waals surface area contributed by atoms with Gasteiger partial charge in [-0.25, -0.2) is 4.79 Å². The number of rotatable bonds is 9. The van der Waals surface area contributed by atoms with Crippen LogP contribution in [-0.4, -0.2) is 49.6 Å². The number of methoxy groups -OCH3 is 3. The highest BCUT2D eigenvalue weighted by Gasteiger charge is 2.23. The molecular formula is C27H25N3O7S. The quantitative estimate of drug-likeness (QED) is 0.249. The standard InChI is InChI=1S/C27H25N3O7S/c1-5-37-27(33)24-19-15-38-25(23(19)26(32)30(29-24)17-8-10-18(34-2)11-9-17)28-22(31)13-7-16-6-12-20(35-3)21(14-16)36-4/h6-15H,5H2,1-4H3,(H,28,31)/b13-7+. The molecule has 38 heavy (non-hydrogen) atoms. The lowest BCUT2D eigenvalue weighted by molar-refractivity contribution is -0.111. The van der Waals surface area contributed by atoms with Gasteiger partial charge in [0.1, 0.15) is 10.8 Å². The topological polar surface area (TPSA) is 118 Å². The molecule has 4 rings (SSSR count). The van der Waals surface area contributed by atoms with Gasteiger partial charge in [-0.05, 0) is 55.0 Å². The van der Waals surface area contributed by atoms with Gasteiger partial charge < -0.3 is 24.3 Å². The van der Waals surface area contributed by atoms with Crippen LogP contribution in [0.5, 0.6) is 17.2 Å². The summed E-state index contributed by atoms with van der Waals surface area (Å²) in [6, 6.07) is 11.9. The normalized spacial score (nSPS) is 10.9. The fraction of sp³-hybridized carbons (Fsp3) is 0.185. The van der Waals surface area contributed by atoms with E-state index in [-0.39, 0.29) is 22.7 Å². The summed E-state index contributed by atoms with van der Waals surface area (Å²) in [7, 11) is 4.60. The first-order chi connectivity index (χ1) is 18.4. The Morgan fingerprint density at radius 2 is 1.76 bits per heavy atom. The van der Waals surface area contributed by atoms with Crippen LogP contribution in [0, 0.1) is 0 Å². The van der Waals surface area contributed by atoms with Gasteiger partial charge in [-0.15, -0.1) is 11.3 Å². The molecule has 0 atom stereocenters. The van der Waals surface area contributed by atoms with Crippen molar-refractivity contribution in [2.75, 3.05) is 33.3 Å². The summed E-state index contributed by atoms with van der Waals surface area (Å²) in [5.41, 5.74) is 0.595. The summed E-state index contributed by atoms with van der Waals surface area (Å²) in [6.07, 6.45) is 2.94. The number of hydrogen-bond acceptors (Lipinski definition) is 9. The first-order valence-electron chi connectivity index (χ1n) is 11.5. The molecule has 1 amide bonds. The van der Waals surface area contributed by atoms with Gasteiger partial charge in [0.25, 0.3) is 5.56 Å². The summed E-state index contributed by atoms with van der Waals surface area (Å²) >= 11 is 1.11. The van der Waals surface area contributed by atoms with Crippen LogP contribution in [0.15, 0.2) is 58.7 Å². The maximum absolute atomic E-state index is 13.5. The Labute approximate surface area is 222 Å². The van der Waals surface area contributed by atoms with E-state index < -0.39 is 17.4 Å². The Morgan fingerprint density at radius 3 is 2.42 bits per heavy atom. The molecule has 0 aliphatic rings. The molecule has 2 heterocycles. The summed E-state index contributed by atoms with van der Waals surface area (Å²) in [6.45, 7) is 1.82. The number of nitrogens with zero attached hydrogens (tertiary/aromatic N) is 2. The zero-order chi connectivity index (χ0) is 27.2. The Morgan fingerprint density at radius 1 is 1.03 bits per heavy atom. The first kappa shape index (κ1) is 26.4. The van der Waals surface area contributed by atoms with Crippen LogP contribution >= 0.6 is 11.3 Å². The van der Waals surface area contributed by atoms with Crippen LogP contribution in [0.1, 0.15) is 23.0 Å². The van der Waals surface area contributed by atoms with Gasteiger partial charge in [0.2, 0.25) is 5.91 Å². The Kier molecular flexibility index (Phi) is 8.07. The number of carbonyl (C=O) groups excluding carboxylic acids is 2. The largest absolute Gasteiger partial charge is 0.497 e. The highest BCUT2D eigenvalue weighted by molar-refractivity contribution is 7.16. The van der Waals surface area contributed by atoms with Crippen molar-refractivity contribution in [3.8, 4) is 22.9 Å². The van der Waals surface area contributed by atoms with E-state index in [0.717, 1.165) is 16.0 Å². The minimum Gasteiger partial charge on any atom is -0.497 e. The Bertz CT molecular complexity index is 1570. The zero-order valence-electron chi connectivity index (χ0n) is 21.1. The van der Waals surface area contributed by atoms with E-state index in [1.165, 1.54) is 27.4 Å². The molecular weight excluding hydrogens is 510 g/mol. The molecule has 1 N–H and O–H groups in total. The fourth-order valence-electron chi connectivity index (χ4n) is 3.67. The Balaban J connectivity index is 1.72. The summed E-state index contributed by atoms with van der Waals surface area (Å²) < 4.78 is 22.0. The van der Waals surface area contributed by atoms with Gasteiger partial charge in [-0.2, -0.15) is 9.78 Å². The van der Waals surface area contributed by atoms with Crippen LogP contribution in [0.25, 0.3) is 22.5 Å². The van der Waals surface area contributed by atoms with Crippen LogP contribution in [0.3, 0.4) is 0 Å². The average Bonchev–Trinajstić information content (AvgIpc) is 3.36. The second-order valence-electron chi connectivity index (χ2n) is 7.77. The maximum atomic E-state index is 13.5. The lowest BCUT2D eigenvalue weighted by atomic mass is 10.2. The number of aromatic nitrogens is 2. The molecule has 0 radical (unpaired) electrons. The van der Waals surface area contributed by atoms with Crippen molar-refractivity contribution in [1.29, 1.82) is 0 Å². The number of carbonyl (C=O) groups is 2. The minimum atomic E-state index is -0.677. The van der Waals surface area contributed by atoms with Crippen molar-refractivity contribution >= 4 is 45.1 Å². The monoisotopic (exact) mass is 535 g/mol. The number of thiophene rings is 1. The molecule has 10 nitrogen and oxygen atoms in total. The third-order valence-corrected chi connectivity index (χ3v) is 6.41. The second kappa shape index (κ2) is 11.6. The third-order valence-electron chi connectivity index (χ3n) is 5.51. The molecule has 0 saturated carbocycles. The molecule has 2 aromatic heterocycles. The van der Waals surface area contributed by atoms with Crippen molar-refractivity contribution < 1.29 is 28.5 Å². The van der Waals surface area contributed by atoms with Crippen LogP contribution in [0.4, 0.5) is 5.00 Å². The van der Waals surface area contributed by atoms with E-state index in [2.05, 4.69) is 10.4 Å². The number of nitrogens with one attached hydrogen (secondary N) is 1. The van der Waals surface area contributed by atoms with Crippen molar-refractivity contribution in [3.05, 3.63) is 75.5 Å². The van der Waals surface area contributed by atoms with E-state index >= 15 is 0 Å². The summed E-state index contributed by atoms with van der Waals surface area (Å²) in [5, 5.41) is 9.36. The molecule has 2 aromatic carbocycles. The van der Waals surface area contributed by atoms with Gasteiger partial charge in [-0.3, -0.25) is 9.59 Å². The van der Waals surface area contributed by atoms with Crippen LogP contribution in [0.2, 0.25) is 0 Å². The zero-order valence-corrected chi connectivity index (χ0v) is 22.0. The fourth-order valence-corrected chi connectivity index (χ4v) is 4.61. The SMILES string of the molecule is CCOC(=O)c1nn(-c2ccc(OC)cc2)c(=O)c2c(NC(=O)/C=C/c3ccc(OC)c(OC)c3)scc12. The van der Waals surface area contributed by atoms with Crippen LogP contribution in [-0.2, 0) is 9.53 Å². The number of fused-ring (bicyclic) bond motifs is 1. The van der Waals surface area contributed by atoms with Crippen molar-refractivity contribution in [2.45, 2.75) is 6.92 Å². The van der Waals surface area contributed by atoms with Crippen molar-refractivity contribution in [1.82, 2.24) is 9.78 Å². The highest BCUT2D eigenvalue weighted by atomic mass is 32.1. The van der Waals surface area contributed by atoms with E-state index in [1.807, 2.05) is 0 Å². The number of anilines is 1. The molecule has 11 heteroatoms. The maximum Gasteiger partial charge on any atom is 0.359 e. The molecule has 0 aliphatic carbocycles. The number of benzene rings is 2.